The second-order valence-electron chi connectivity index (χ2n) is 1.72. The first-order chi connectivity index (χ1) is 3.75. The van der Waals surface area contributed by atoms with E-state index in [9.17, 15) is 8.78 Å². The van der Waals surface area contributed by atoms with Crippen LogP contribution >= 0.6 is 46.4 Å². The Labute approximate surface area is 70.0 Å². The zero-order valence-electron chi connectivity index (χ0n) is 3.77. The Kier molecular flexibility index (Phi) is 1.45. The lowest BCUT2D eigenvalue weighted by molar-refractivity contribution is 0.113. The SMILES string of the molecule is FC1(F)C(Cl)(Cl)C1(Cl)Cl. The van der Waals surface area contributed by atoms with Crippen molar-refractivity contribution in [3.63, 3.8) is 0 Å². The van der Waals surface area contributed by atoms with E-state index in [0.717, 1.165) is 0 Å². The van der Waals surface area contributed by atoms with Crippen LogP contribution in [-0.4, -0.2) is 14.6 Å². The van der Waals surface area contributed by atoms with Crippen molar-refractivity contribution in [1.82, 2.24) is 0 Å². The van der Waals surface area contributed by atoms with Crippen molar-refractivity contribution in [2.75, 3.05) is 0 Å². The molecule has 0 aromatic heterocycles. The fourth-order valence-corrected chi connectivity index (χ4v) is 1.40. The molecule has 1 saturated carbocycles. The summed E-state index contributed by atoms with van der Waals surface area (Å²) in [5.74, 6) is -3.40. The number of rotatable bonds is 0. The van der Waals surface area contributed by atoms with Gasteiger partial charge >= 0.3 is 5.92 Å². The van der Waals surface area contributed by atoms with Gasteiger partial charge in [-0.1, -0.05) is 46.4 Å². The molecule has 0 spiro atoms. The molecule has 0 aromatic rings. The van der Waals surface area contributed by atoms with E-state index in [1.54, 1.807) is 0 Å². The number of halogens is 6. The van der Waals surface area contributed by atoms with Gasteiger partial charge in [0.1, 0.15) is 0 Å². The molecule has 0 N–H and O–H groups in total. The van der Waals surface area contributed by atoms with Gasteiger partial charge in [-0.2, -0.15) is 8.78 Å². The highest BCUT2D eigenvalue weighted by Crippen LogP contribution is 2.74. The highest BCUT2D eigenvalue weighted by molar-refractivity contribution is 6.69. The third-order valence-corrected chi connectivity index (χ3v) is 3.59. The summed E-state index contributed by atoms with van der Waals surface area (Å²) in [6.07, 6.45) is 0. The molecule has 0 aliphatic heterocycles. The third kappa shape index (κ3) is 0.657. The molecule has 0 saturated heterocycles. The van der Waals surface area contributed by atoms with Crippen LogP contribution in [0.3, 0.4) is 0 Å². The summed E-state index contributed by atoms with van der Waals surface area (Å²) in [7, 11) is 0. The van der Waals surface area contributed by atoms with Crippen molar-refractivity contribution in [2.24, 2.45) is 0 Å². The summed E-state index contributed by atoms with van der Waals surface area (Å²) in [6, 6.07) is 0. The highest BCUT2D eigenvalue weighted by atomic mass is 35.5. The van der Waals surface area contributed by atoms with Gasteiger partial charge in [0, 0.05) is 0 Å². The van der Waals surface area contributed by atoms with Gasteiger partial charge in [0.15, 0.2) is 0 Å². The summed E-state index contributed by atoms with van der Waals surface area (Å²) < 4.78 is 19.7. The van der Waals surface area contributed by atoms with Crippen LogP contribution in [0.25, 0.3) is 0 Å². The molecule has 0 aromatic carbocycles. The Morgan fingerprint density at radius 2 is 0.889 bits per heavy atom. The van der Waals surface area contributed by atoms with E-state index in [1.165, 1.54) is 0 Å². The lowest BCUT2D eigenvalue weighted by Gasteiger charge is -1.89. The van der Waals surface area contributed by atoms with Crippen molar-refractivity contribution in [3.05, 3.63) is 0 Å². The normalized spacial score (nSPS) is 34.0. The Morgan fingerprint density at radius 1 is 0.778 bits per heavy atom. The lowest BCUT2D eigenvalue weighted by Crippen LogP contribution is -2.00. The zero-order chi connectivity index (χ0) is 7.50. The van der Waals surface area contributed by atoms with Crippen LogP contribution in [0, 0.1) is 0 Å². The Balaban J connectivity index is 2.91. The largest absolute Gasteiger partial charge is 0.319 e. The molecule has 0 bridgehead atoms. The van der Waals surface area contributed by atoms with Gasteiger partial charge in [-0.05, 0) is 0 Å². The van der Waals surface area contributed by atoms with E-state index in [2.05, 4.69) is 0 Å². The average Bonchev–Trinajstić information content (AvgIpc) is 1.84. The van der Waals surface area contributed by atoms with Crippen molar-refractivity contribution in [1.29, 1.82) is 0 Å². The van der Waals surface area contributed by atoms with Gasteiger partial charge in [-0.25, -0.2) is 0 Å². The minimum Gasteiger partial charge on any atom is -0.200 e. The van der Waals surface area contributed by atoms with Gasteiger partial charge in [-0.15, -0.1) is 0 Å². The predicted molar refractivity (Wildman–Crippen MR) is 33.8 cm³/mol. The quantitative estimate of drug-likeness (QED) is 0.546. The molecule has 0 nitrogen and oxygen atoms in total. The molecule has 0 amide bonds. The minimum absolute atomic E-state index is 2.32. The van der Waals surface area contributed by atoms with Crippen LogP contribution in [-0.2, 0) is 0 Å². The van der Waals surface area contributed by atoms with Gasteiger partial charge in [0.05, 0.1) is 0 Å². The molecule has 1 rings (SSSR count). The van der Waals surface area contributed by atoms with Gasteiger partial charge < -0.3 is 0 Å². The molecule has 1 aliphatic rings. The summed E-state index contributed by atoms with van der Waals surface area (Å²) in [4.78, 5) is 0. The van der Waals surface area contributed by atoms with E-state index in [-0.39, 0.29) is 0 Å². The smallest absolute Gasteiger partial charge is 0.200 e. The maximum Gasteiger partial charge on any atom is 0.319 e. The van der Waals surface area contributed by atoms with Crippen LogP contribution in [0.5, 0.6) is 0 Å². The van der Waals surface area contributed by atoms with Gasteiger partial charge in [0.25, 0.3) is 0 Å². The van der Waals surface area contributed by atoms with E-state index in [4.69, 9.17) is 46.4 Å². The molecule has 0 radical (unpaired) electrons. The van der Waals surface area contributed by atoms with Crippen molar-refractivity contribution in [3.8, 4) is 0 Å². The topological polar surface area (TPSA) is 0 Å². The van der Waals surface area contributed by atoms with Crippen LogP contribution in [0.15, 0.2) is 0 Å². The number of alkyl halides is 6. The predicted octanol–water partition coefficient (Wildman–Crippen LogP) is 2.98. The second-order valence-corrected chi connectivity index (χ2v) is 4.38. The molecule has 9 heavy (non-hydrogen) atoms. The standard InChI is InChI=1S/C3Cl4F2/c4-1(5)2(6,7)3(1,8)9. The average molecular weight is 216 g/mol. The Bertz CT molecular complexity index is 111. The summed E-state index contributed by atoms with van der Waals surface area (Å²) in [5, 5.41) is 0. The highest BCUT2D eigenvalue weighted by Gasteiger charge is 2.92. The molecule has 54 valence electrons. The summed E-state index contributed by atoms with van der Waals surface area (Å²) >= 11 is 19.9. The minimum atomic E-state index is -3.40. The maximum atomic E-state index is 12.2. The van der Waals surface area contributed by atoms with Crippen molar-refractivity contribution < 1.29 is 8.78 Å². The molecule has 6 heteroatoms. The first-order valence-corrected chi connectivity index (χ1v) is 3.40. The van der Waals surface area contributed by atoms with Gasteiger partial charge in [-0.3, -0.25) is 0 Å². The van der Waals surface area contributed by atoms with Crippen LogP contribution in [0.1, 0.15) is 0 Å². The summed E-state index contributed by atoms with van der Waals surface area (Å²) in [6.45, 7) is 0. The van der Waals surface area contributed by atoms with Crippen LogP contribution in [0.4, 0.5) is 8.78 Å². The first kappa shape index (κ1) is 8.12. The monoisotopic (exact) mass is 214 g/mol. The molecular formula is C3Cl4F2. The molecule has 1 fully saturated rings. The van der Waals surface area contributed by atoms with E-state index < -0.39 is 14.6 Å². The molecule has 1 aliphatic carbocycles. The summed E-state index contributed by atoms with van der Waals surface area (Å²) in [5.41, 5.74) is 0. The lowest BCUT2D eigenvalue weighted by atomic mass is 10.8. The second kappa shape index (κ2) is 1.60. The molecular weight excluding hydrogens is 216 g/mol. The molecule has 0 atom stereocenters. The third-order valence-electron chi connectivity index (χ3n) is 1.12. The van der Waals surface area contributed by atoms with Crippen LogP contribution < -0.4 is 0 Å². The van der Waals surface area contributed by atoms with E-state index >= 15 is 0 Å². The Morgan fingerprint density at radius 3 is 0.889 bits per heavy atom. The van der Waals surface area contributed by atoms with E-state index in [1.807, 2.05) is 0 Å². The fraction of sp³-hybridized carbons (Fsp3) is 1.00. The van der Waals surface area contributed by atoms with Crippen molar-refractivity contribution >= 4 is 46.4 Å². The number of hydrogen-bond donors (Lipinski definition) is 0. The zero-order valence-corrected chi connectivity index (χ0v) is 6.79. The van der Waals surface area contributed by atoms with Crippen molar-refractivity contribution in [2.45, 2.75) is 14.6 Å². The fourth-order valence-electron chi connectivity index (χ4n) is 0.356. The van der Waals surface area contributed by atoms with E-state index in [0.29, 0.717) is 0 Å². The maximum absolute atomic E-state index is 12.2. The first-order valence-electron chi connectivity index (χ1n) is 1.88. The molecule has 0 unspecified atom stereocenters. The van der Waals surface area contributed by atoms with Crippen LogP contribution in [0.2, 0.25) is 0 Å². The molecule has 0 heterocycles. The van der Waals surface area contributed by atoms with Gasteiger partial charge in [0.2, 0.25) is 8.67 Å². The Hall–Kier alpha value is 1.02. The number of hydrogen-bond acceptors (Lipinski definition) is 0.